The summed E-state index contributed by atoms with van der Waals surface area (Å²) >= 11 is 0. The molecule has 3 saturated carbocycles. The summed E-state index contributed by atoms with van der Waals surface area (Å²) in [5.74, 6) is 3.57. The predicted molar refractivity (Wildman–Crippen MR) is 402 cm³/mol. The van der Waals surface area contributed by atoms with Crippen molar-refractivity contribution in [1.82, 2.24) is 21.3 Å². The molecule has 4 aliphatic carbocycles. The summed E-state index contributed by atoms with van der Waals surface area (Å²) in [6, 6.07) is 46.4. The lowest BCUT2D eigenvalue weighted by Gasteiger charge is -2.58. The third kappa shape index (κ3) is 20.0. The number of anilines is 1. The fourth-order valence-electron chi connectivity index (χ4n) is 17.2. The zero-order chi connectivity index (χ0) is 72.2. The van der Waals surface area contributed by atoms with Crippen LogP contribution in [0.2, 0.25) is 0 Å². The van der Waals surface area contributed by atoms with E-state index in [2.05, 4.69) is 97.6 Å². The lowest BCUT2D eigenvalue weighted by molar-refractivity contribution is -0.384. The lowest BCUT2D eigenvalue weighted by atomic mass is 9.47. The molecule has 0 spiro atoms. The highest BCUT2D eigenvalue weighted by Crippen LogP contribution is 2.67. The Labute approximate surface area is 609 Å². The molecule has 0 aromatic heterocycles. The molecule has 10 rings (SSSR count). The number of unbranched alkanes of at least 4 members (excludes halogenated alkanes) is 1. The van der Waals surface area contributed by atoms with Gasteiger partial charge in [-0.1, -0.05) is 170 Å². The normalized spacial score (nSPS) is 21.2. The molecule has 0 unspecified atom stereocenters. The Kier molecular flexibility index (Phi) is 27.9. The number of nitrogens with one attached hydrogen (secondary N) is 5. The fourth-order valence-corrected chi connectivity index (χ4v) is 17.2. The zero-order valence-electron chi connectivity index (χ0n) is 60.2. The maximum atomic E-state index is 14.8. The number of fused-ring (bicyclic) bond motifs is 5. The molecule has 103 heavy (non-hydrogen) atoms. The van der Waals surface area contributed by atoms with Crippen molar-refractivity contribution < 1.29 is 47.8 Å². The average molecular weight is 1400 g/mol. The van der Waals surface area contributed by atoms with Gasteiger partial charge in [-0.05, 0) is 206 Å². The molecule has 18 heteroatoms. The van der Waals surface area contributed by atoms with Crippen molar-refractivity contribution in [3.8, 4) is 17.6 Å². The molecule has 0 radical (unpaired) electrons. The first kappa shape index (κ1) is 78.0. The highest BCUT2D eigenvalue weighted by Gasteiger charge is 2.59. The van der Waals surface area contributed by atoms with Crippen LogP contribution in [0.1, 0.15) is 185 Å². The van der Waals surface area contributed by atoms with E-state index in [1.165, 1.54) is 75.6 Å². The van der Waals surface area contributed by atoms with Crippen LogP contribution in [0.4, 0.5) is 16.2 Å². The van der Waals surface area contributed by atoms with Crippen molar-refractivity contribution in [2.45, 2.75) is 188 Å². The minimum atomic E-state index is -1.18. The minimum Gasteiger partial charge on any atom is -0.497 e. The Morgan fingerprint density at radius 1 is 0.670 bits per heavy atom. The van der Waals surface area contributed by atoms with Crippen LogP contribution in [0.25, 0.3) is 0 Å². The van der Waals surface area contributed by atoms with Crippen molar-refractivity contribution in [2.75, 3.05) is 32.1 Å². The molecule has 6 aromatic rings. The topological polar surface area (TPSA) is 249 Å². The Bertz CT molecular complexity index is 3800. The number of nitriles is 1. The average Bonchev–Trinajstić information content (AvgIpc) is 1.69. The van der Waals surface area contributed by atoms with E-state index >= 15 is 0 Å². The number of carbonyl (C=O) groups excluding carboxylic acids is 5. The van der Waals surface area contributed by atoms with E-state index in [1.54, 1.807) is 61.2 Å². The summed E-state index contributed by atoms with van der Waals surface area (Å²) in [5, 5.41) is 36.3. The number of non-ortho nitro benzene ring substituents is 1. The molecular weight excluding hydrogens is 1290 g/mol. The van der Waals surface area contributed by atoms with Gasteiger partial charge in [-0.25, -0.2) is 4.79 Å². The summed E-state index contributed by atoms with van der Waals surface area (Å²) in [6.45, 7) is 13.7. The number of nitrogens with zero attached hydrogens (tertiary/aromatic N) is 2. The van der Waals surface area contributed by atoms with Gasteiger partial charge < -0.3 is 40.2 Å². The van der Waals surface area contributed by atoms with E-state index in [-0.39, 0.29) is 68.6 Å². The number of amides is 4. The first-order chi connectivity index (χ1) is 49.3. The minimum absolute atomic E-state index is 0. The molecule has 0 saturated heterocycles. The molecule has 0 bridgehead atoms. The van der Waals surface area contributed by atoms with Crippen LogP contribution < -0.4 is 36.1 Å². The summed E-state index contributed by atoms with van der Waals surface area (Å²) in [7, 11) is 1.63. The molecule has 18 nitrogen and oxygen atoms in total. The second-order valence-corrected chi connectivity index (χ2v) is 29.6. The summed E-state index contributed by atoms with van der Waals surface area (Å²) < 4.78 is 22.5. The molecule has 5 N–H and O–H groups in total. The van der Waals surface area contributed by atoms with Gasteiger partial charge in [-0.15, -0.1) is 0 Å². The number of methoxy groups -OCH3 is 1. The number of ether oxygens (including phenoxy) is 4. The van der Waals surface area contributed by atoms with Crippen LogP contribution >= 0.6 is 0 Å². The first-order valence-corrected chi connectivity index (χ1v) is 36.9. The van der Waals surface area contributed by atoms with Gasteiger partial charge >= 0.3 is 6.16 Å². The molecule has 3 fully saturated rings. The van der Waals surface area contributed by atoms with Crippen LogP contribution in [0.3, 0.4) is 0 Å². The Hall–Kier alpha value is -9.18. The van der Waals surface area contributed by atoms with Gasteiger partial charge in [0.15, 0.2) is 0 Å². The maximum absolute atomic E-state index is 14.8. The number of nitro groups is 1. The van der Waals surface area contributed by atoms with Crippen molar-refractivity contribution in [3.63, 3.8) is 0 Å². The van der Waals surface area contributed by atoms with E-state index < -0.39 is 46.4 Å². The summed E-state index contributed by atoms with van der Waals surface area (Å²) in [5.41, 5.74) is 6.36. The smallest absolute Gasteiger partial charge is 0.497 e. The second-order valence-electron chi connectivity index (χ2n) is 29.6. The van der Waals surface area contributed by atoms with Crippen molar-refractivity contribution in [1.29, 1.82) is 5.26 Å². The number of nitro benzene ring substituents is 1. The SMILES string of the molecule is C.COc1ccc(C(NCCCC[C@H](NC(=O)[C@H](Cc2ccc(C#N)cc2)NC(=O)CCC(=O)NCCCO[C@H]2CC[C@@]3(C)C(=CC[C@H]4[C@@H]5CC[C@H]([C@H](C)CCCC(C)C)[C@@]5(C)CC[C@@H]43)C2)C(=O)Nc2ccc(COC(=O)Oc3ccc([N+](=O)[O-])cc3)cc2)(c2ccccc2)c2ccccc2)cc1. The van der Waals surface area contributed by atoms with Gasteiger partial charge in [0.25, 0.3) is 5.69 Å². The molecule has 6 aromatic carbocycles. The summed E-state index contributed by atoms with van der Waals surface area (Å²) in [6.07, 6.45) is 17.2. The highest BCUT2D eigenvalue weighted by atomic mass is 16.7. The monoisotopic (exact) mass is 1400 g/mol. The number of hydrogen-bond donors (Lipinski definition) is 5. The predicted octanol–water partition coefficient (Wildman–Crippen LogP) is 16.4. The third-order valence-electron chi connectivity index (χ3n) is 22.7. The van der Waals surface area contributed by atoms with Crippen LogP contribution in [-0.4, -0.2) is 79.7 Å². The lowest BCUT2D eigenvalue weighted by Crippen LogP contribution is -2.53. The van der Waals surface area contributed by atoms with Gasteiger partial charge in [0.05, 0.1) is 35.3 Å². The Balaban J connectivity index is 0.0000123. The van der Waals surface area contributed by atoms with Gasteiger partial charge in [0, 0.05) is 50.2 Å². The molecule has 4 amide bonds. The van der Waals surface area contributed by atoms with Crippen LogP contribution in [0.15, 0.2) is 169 Å². The fraction of sp³-hybridized carbons (Fsp3) is 0.482. The Morgan fingerprint density at radius 3 is 1.99 bits per heavy atom. The van der Waals surface area contributed by atoms with E-state index in [0.29, 0.717) is 66.8 Å². The van der Waals surface area contributed by atoms with E-state index in [4.69, 9.17) is 18.9 Å². The van der Waals surface area contributed by atoms with E-state index in [1.807, 2.05) is 60.7 Å². The molecule has 548 valence electrons. The molecule has 0 aliphatic heterocycles. The highest BCUT2D eigenvalue weighted by molar-refractivity contribution is 5.98. The third-order valence-corrected chi connectivity index (χ3v) is 22.7. The molecular formula is C85H107N7O11. The number of benzene rings is 6. The molecule has 10 atom stereocenters. The number of carbonyl (C=O) groups is 5. The van der Waals surface area contributed by atoms with Gasteiger partial charge in [-0.2, -0.15) is 5.26 Å². The quantitative estimate of drug-likeness (QED) is 0.00480. The van der Waals surface area contributed by atoms with Crippen LogP contribution in [-0.2, 0) is 47.2 Å². The van der Waals surface area contributed by atoms with Crippen molar-refractivity contribution in [3.05, 3.63) is 213 Å². The van der Waals surface area contributed by atoms with Crippen molar-refractivity contribution in [2.24, 2.45) is 46.3 Å². The number of rotatable bonds is 34. The molecule has 4 aliphatic rings. The van der Waals surface area contributed by atoms with Crippen molar-refractivity contribution >= 4 is 41.2 Å². The standard InChI is InChI=1S/C84H103N7O11.CH4/c1-57(2)17-15-18-58(3)72-42-43-73-71-41-32-65-54-70(46-48-82(65,4)74(71)47-49-83(72,73)5)100-52-16-50-86-77(92)44-45-78(93)89-76(53-59-24-26-60(55-85)27-25-59)80(95)90-75(79(94)88-66-33-28-61(29-34-66)56-101-81(96)102-69-39-35-67(36-40-69)91(97)98)23-13-14-51-87-84(62-19-9-7-10-20-62,63-21-11-8-12-22-63)64-30-37-68(99-6)38-31-64;/h7-12,19-22,24-40,57-58,70-76,87H,13-18,23,41-54,56H2,1-6H3,(H,86,92)(H,88,94)(H,89,93)(H,90,95);1H4/t58-,70+,71+,72-,73+,74+,75+,76+,82+,83-;/m1./s1. The second kappa shape index (κ2) is 36.8. The largest absolute Gasteiger partial charge is 0.514 e. The maximum Gasteiger partial charge on any atom is 0.514 e. The van der Waals surface area contributed by atoms with Gasteiger partial charge in [-0.3, -0.25) is 34.6 Å². The zero-order valence-corrected chi connectivity index (χ0v) is 60.2. The van der Waals surface area contributed by atoms with E-state index in [9.17, 15) is 39.3 Å². The van der Waals surface area contributed by atoms with E-state index in [0.717, 1.165) is 77.2 Å². The number of allylic oxidation sites excluding steroid dienone is 1. The Morgan fingerprint density at radius 2 is 1.33 bits per heavy atom. The van der Waals surface area contributed by atoms with Crippen LogP contribution in [0, 0.1) is 67.8 Å². The summed E-state index contributed by atoms with van der Waals surface area (Å²) in [4.78, 5) is 79.7. The van der Waals surface area contributed by atoms with Gasteiger partial charge in [0.2, 0.25) is 23.6 Å². The first-order valence-electron chi connectivity index (χ1n) is 36.9. The van der Waals surface area contributed by atoms with Crippen LogP contribution in [0.5, 0.6) is 11.5 Å². The molecule has 0 heterocycles. The van der Waals surface area contributed by atoms with Gasteiger partial charge in [0.1, 0.15) is 30.2 Å². The number of hydrogen-bond acceptors (Lipinski definition) is 13.